The van der Waals surface area contributed by atoms with Crippen LogP contribution < -0.4 is 0 Å². The van der Waals surface area contributed by atoms with E-state index in [1.807, 2.05) is 6.92 Å². The largest absolute Gasteiger partial charge is 0.299 e. The molecule has 0 N–H and O–H groups in total. The van der Waals surface area contributed by atoms with E-state index >= 15 is 0 Å². The number of carbonyl (C=O) groups excluding carboxylic acids is 1. The average Bonchev–Trinajstić information content (AvgIpc) is 2.18. The lowest BCUT2D eigenvalue weighted by Gasteiger charge is -2.10. The molecule has 0 amide bonds. The lowest BCUT2D eigenvalue weighted by Crippen LogP contribution is -2.10. The number of ketones is 1. The van der Waals surface area contributed by atoms with E-state index in [0.717, 1.165) is 0 Å². The van der Waals surface area contributed by atoms with Gasteiger partial charge in [-0.15, -0.1) is 0 Å². The Morgan fingerprint density at radius 2 is 2.33 bits per heavy atom. The van der Waals surface area contributed by atoms with Crippen LogP contribution in [0.2, 0.25) is 0 Å². The van der Waals surface area contributed by atoms with Crippen molar-refractivity contribution in [2.75, 3.05) is 0 Å². The van der Waals surface area contributed by atoms with Crippen LogP contribution in [-0.4, -0.2) is 15.7 Å². The Labute approximate surface area is 87.3 Å². The summed E-state index contributed by atoms with van der Waals surface area (Å²) in [5.74, 6) is -0.472. The second-order valence-corrected chi connectivity index (χ2v) is 3.26. The molecule has 0 saturated carbocycles. The van der Waals surface area contributed by atoms with Gasteiger partial charge in [-0.05, 0) is 19.4 Å². The summed E-state index contributed by atoms with van der Waals surface area (Å²) in [6.07, 6.45) is 3.20. The highest BCUT2D eigenvalue weighted by Crippen LogP contribution is 2.28. The van der Waals surface area contributed by atoms with Gasteiger partial charge >= 0.3 is 0 Å². The summed E-state index contributed by atoms with van der Waals surface area (Å²) < 4.78 is 0. The van der Waals surface area contributed by atoms with Crippen LogP contribution in [0.5, 0.6) is 0 Å². The summed E-state index contributed by atoms with van der Waals surface area (Å²) in [6, 6.07) is 1.54. The molecule has 5 heteroatoms. The summed E-state index contributed by atoms with van der Waals surface area (Å²) in [7, 11) is 0. The van der Waals surface area contributed by atoms with Gasteiger partial charge in [-0.2, -0.15) is 0 Å². The van der Waals surface area contributed by atoms with Crippen LogP contribution in [0.1, 0.15) is 31.7 Å². The van der Waals surface area contributed by atoms with Crippen LogP contribution in [0.15, 0.2) is 18.5 Å². The first-order valence-corrected chi connectivity index (χ1v) is 4.66. The second kappa shape index (κ2) is 4.63. The minimum atomic E-state index is -0.506. The highest BCUT2D eigenvalue weighted by molar-refractivity contribution is 5.84. The fourth-order valence-corrected chi connectivity index (χ4v) is 1.57. The van der Waals surface area contributed by atoms with E-state index in [1.54, 1.807) is 0 Å². The second-order valence-electron chi connectivity index (χ2n) is 3.26. The summed E-state index contributed by atoms with van der Waals surface area (Å²) in [5, 5.41) is 10.7. The molecule has 1 aromatic heterocycles. The molecule has 1 unspecified atom stereocenters. The Kier molecular flexibility index (Phi) is 3.49. The smallest absolute Gasteiger partial charge is 0.291 e. The van der Waals surface area contributed by atoms with Crippen LogP contribution in [0.25, 0.3) is 0 Å². The third-order valence-electron chi connectivity index (χ3n) is 2.30. The maximum Gasteiger partial charge on any atom is 0.291 e. The molecule has 0 fully saturated rings. The van der Waals surface area contributed by atoms with Gasteiger partial charge in [0, 0.05) is 17.7 Å². The molecule has 1 heterocycles. The van der Waals surface area contributed by atoms with Crippen molar-refractivity contribution in [3.63, 3.8) is 0 Å². The predicted octanol–water partition coefficient (Wildman–Crippen LogP) is 2.07. The van der Waals surface area contributed by atoms with E-state index < -0.39 is 10.8 Å². The molecule has 0 aliphatic carbocycles. The number of nitro groups is 1. The molecule has 0 aromatic carbocycles. The molecular weight excluding hydrogens is 196 g/mol. The molecule has 15 heavy (non-hydrogen) atoms. The predicted molar refractivity (Wildman–Crippen MR) is 54.6 cm³/mol. The molecule has 1 aromatic rings. The molecule has 1 rings (SSSR count). The van der Waals surface area contributed by atoms with Crippen molar-refractivity contribution < 1.29 is 9.72 Å². The topological polar surface area (TPSA) is 73.1 Å². The third kappa shape index (κ3) is 2.37. The maximum atomic E-state index is 11.3. The van der Waals surface area contributed by atoms with Gasteiger partial charge < -0.3 is 0 Å². The highest BCUT2D eigenvalue weighted by Gasteiger charge is 2.23. The van der Waals surface area contributed by atoms with Gasteiger partial charge in [0.25, 0.3) is 5.69 Å². The Hall–Kier alpha value is -1.78. The van der Waals surface area contributed by atoms with Crippen LogP contribution in [-0.2, 0) is 4.79 Å². The molecule has 1 atom stereocenters. The maximum absolute atomic E-state index is 11.3. The van der Waals surface area contributed by atoms with Gasteiger partial charge in [-0.1, -0.05) is 6.92 Å². The number of rotatable bonds is 4. The highest BCUT2D eigenvalue weighted by atomic mass is 16.6. The zero-order valence-corrected chi connectivity index (χ0v) is 8.64. The third-order valence-corrected chi connectivity index (χ3v) is 2.30. The molecule has 0 aliphatic rings. The van der Waals surface area contributed by atoms with Gasteiger partial charge in [0.05, 0.1) is 4.92 Å². The van der Waals surface area contributed by atoms with E-state index in [4.69, 9.17) is 0 Å². The minimum Gasteiger partial charge on any atom is -0.299 e. The van der Waals surface area contributed by atoms with E-state index in [-0.39, 0.29) is 11.5 Å². The first kappa shape index (κ1) is 11.3. The average molecular weight is 208 g/mol. The first-order chi connectivity index (χ1) is 7.07. The molecule has 0 spiro atoms. The standard InChI is InChI=1S/C10H12N2O3/c1-3-8(7(2)13)9-4-5-11-6-10(9)12(14)15/h4-6,8H,3H2,1-2H3. The van der Waals surface area contributed by atoms with Crippen molar-refractivity contribution in [1.29, 1.82) is 0 Å². The lowest BCUT2D eigenvalue weighted by molar-refractivity contribution is -0.386. The number of hydrogen-bond acceptors (Lipinski definition) is 4. The van der Waals surface area contributed by atoms with Crippen molar-refractivity contribution in [2.45, 2.75) is 26.2 Å². The summed E-state index contributed by atoms with van der Waals surface area (Å²) in [5.41, 5.74) is 0.365. The molecule has 0 aliphatic heterocycles. The summed E-state index contributed by atoms with van der Waals surface area (Å²) >= 11 is 0. The summed E-state index contributed by atoms with van der Waals surface area (Å²) in [4.78, 5) is 25.2. The molecular formula is C10H12N2O3. The molecule has 0 saturated heterocycles. The quantitative estimate of drug-likeness (QED) is 0.560. The van der Waals surface area contributed by atoms with Crippen LogP contribution in [0.3, 0.4) is 0 Å². The molecule has 0 radical (unpaired) electrons. The number of aromatic nitrogens is 1. The van der Waals surface area contributed by atoms with Crippen molar-refractivity contribution in [1.82, 2.24) is 4.98 Å². The van der Waals surface area contributed by atoms with Crippen molar-refractivity contribution >= 4 is 11.5 Å². The fourth-order valence-electron chi connectivity index (χ4n) is 1.57. The Morgan fingerprint density at radius 1 is 1.67 bits per heavy atom. The van der Waals surface area contributed by atoms with Gasteiger partial charge in [0.2, 0.25) is 0 Å². The first-order valence-electron chi connectivity index (χ1n) is 4.66. The number of hydrogen-bond donors (Lipinski definition) is 0. The van der Waals surface area contributed by atoms with E-state index in [2.05, 4.69) is 4.98 Å². The van der Waals surface area contributed by atoms with Gasteiger partial charge in [-0.25, -0.2) is 0 Å². The van der Waals surface area contributed by atoms with Crippen molar-refractivity contribution in [2.24, 2.45) is 0 Å². The number of carbonyl (C=O) groups is 1. The van der Waals surface area contributed by atoms with Gasteiger partial charge in [0.15, 0.2) is 0 Å². The van der Waals surface area contributed by atoms with Crippen LogP contribution in [0.4, 0.5) is 5.69 Å². The fraction of sp³-hybridized carbons (Fsp3) is 0.400. The van der Waals surface area contributed by atoms with E-state index in [0.29, 0.717) is 12.0 Å². The van der Waals surface area contributed by atoms with E-state index in [1.165, 1.54) is 25.4 Å². The lowest BCUT2D eigenvalue weighted by atomic mass is 9.93. The van der Waals surface area contributed by atoms with Gasteiger partial charge in [-0.3, -0.25) is 19.9 Å². The number of nitrogens with zero attached hydrogens (tertiary/aromatic N) is 2. The number of Topliss-reactive ketones (excluding diaryl/α,β-unsaturated/α-hetero) is 1. The summed E-state index contributed by atoms with van der Waals surface area (Å²) in [6.45, 7) is 3.27. The molecule has 80 valence electrons. The van der Waals surface area contributed by atoms with Crippen molar-refractivity contribution in [3.8, 4) is 0 Å². The molecule has 0 bridgehead atoms. The zero-order valence-electron chi connectivity index (χ0n) is 8.64. The SMILES string of the molecule is CCC(C(C)=O)c1ccncc1[N+](=O)[O-]. The van der Waals surface area contributed by atoms with Gasteiger partial charge in [0.1, 0.15) is 12.0 Å². The Balaban J connectivity index is 3.22. The van der Waals surface area contributed by atoms with Crippen LogP contribution in [0, 0.1) is 10.1 Å². The normalized spacial score (nSPS) is 12.1. The van der Waals surface area contributed by atoms with Crippen molar-refractivity contribution in [3.05, 3.63) is 34.1 Å². The Morgan fingerprint density at radius 3 is 2.80 bits per heavy atom. The molecule has 5 nitrogen and oxygen atoms in total. The number of pyridine rings is 1. The van der Waals surface area contributed by atoms with E-state index in [9.17, 15) is 14.9 Å². The minimum absolute atomic E-state index is 0.0631. The monoisotopic (exact) mass is 208 g/mol. The van der Waals surface area contributed by atoms with Crippen LogP contribution >= 0.6 is 0 Å². The zero-order chi connectivity index (χ0) is 11.4. The Bertz CT molecular complexity index is 390.